The van der Waals surface area contributed by atoms with Crippen molar-refractivity contribution in [1.82, 2.24) is 14.9 Å². The topological polar surface area (TPSA) is 56.2 Å². The van der Waals surface area contributed by atoms with E-state index in [0.717, 1.165) is 22.6 Å². The SMILES string of the molecule is CCOc1cccc2c1nc(CCl)n2CCC(=O)NC. The second-order valence-electron chi connectivity index (χ2n) is 4.29. The number of ether oxygens (including phenoxy) is 1. The van der Waals surface area contributed by atoms with E-state index in [2.05, 4.69) is 10.3 Å². The van der Waals surface area contributed by atoms with Gasteiger partial charge in [0.1, 0.15) is 17.1 Å². The zero-order valence-electron chi connectivity index (χ0n) is 11.6. The Morgan fingerprint density at radius 3 is 2.95 bits per heavy atom. The lowest BCUT2D eigenvalue weighted by atomic mass is 10.3. The molecule has 0 radical (unpaired) electrons. The molecule has 0 aliphatic heterocycles. The molecule has 0 atom stereocenters. The number of benzene rings is 1. The monoisotopic (exact) mass is 295 g/mol. The van der Waals surface area contributed by atoms with Crippen LogP contribution in [0.4, 0.5) is 0 Å². The molecule has 2 rings (SSSR count). The van der Waals surface area contributed by atoms with Crippen molar-refractivity contribution in [3.8, 4) is 5.75 Å². The van der Waals surface area contributed by atoms with Gasteiger partial charge in [-0.3, -0.25) is 4.79 Å². The van der Waals surface area contributed by atoms with E-state index in [4.69, 9.17) is 16.3 Å². The van der Waals surface area contributed by atoms with Gasteiger partial charge in [0.25, 0.3) is 0 Å². The summed E-state index contributed by atoms with van der Waals surface area (Å²) in [5.74, 6) is 1.79. The van der Waals surface area contributed by atoms with Crippen LogP contribution in [0.1, 0.15) is 19.2 Å². The normalized spacial score (nSPS) is 10.8. The van der Waals surface area contributed by atoms with Crippen LogP contribution in [-0.2, 0) is 17.2 Å². The fraction of sp³-hybridized carbons (Fsp3) is 0.429. The van der Waals surface area contributed by atoms with Crippen molar-refractivity contribution < 1.29 is 9.53 Å². The number of nitrogens with one attached hydrogen (secondary N) is 1. The van der Waals surface area contributed by atoms with Crippen molar-refractivity contribution in [2.75, 3.05) is 13.7 Å². The van der Waals surface area contributed by atoms with E-state index in [1.54, 1.807) is 7.05 Å². The maximum Gasteiger partial charge on any atom is 0.221 e. The van der Waals surface area contributed by atoms with Crippen LogP contribution < -0.4 is 10.1 Å². The number of rotatable bonds is 6. The van der Waals surface area contributed by atoms with Crippen molar-refractivity contribution in [2.24, 2.45) is 0 Å². The second-order valence-corrected chi connectivity index (χ2v) is 4.56. The molecule has 1 aromatic heterocycles. The highest BCUT2D eigenvalue weighted by Crippen LogP contribution is 2.27. The highest BCUT2D eigenvalue weighted by Gasteiger charge is 2.14. The predicted molar refractivity (Wildman–Crippen MR) is 79.1 cm³/mol. The van der Waals surface area contributed by atoms with Crippen LogP contribution >= 0.6 is 11.6 Å². The van der Waals surface area contributed by atoms with Crippen LogP contribution in [0.3, 0.4) is 0 Å². The summed E-state index contributed by atoms with van der Waals surface area (Å²) in [5.41, 5.74) is 1.73. The molecule has 108 valence electrons. The minimum atomic E-state index is -0.00617. The molecule has 0 unspecified atom stereocenters. The number of aryl methyl sites for hydroxylation is 1. The highest BCUT2D eigenvalue weighted by molar-refractivity contribution is 6.16. The summed E-state index contributed by atoms with van der Waals surface area (Å²) >= 11 is 5.96. The summed E-state index contributed by atoms with van der Waals surface area (Å²) in [5, 5.41) is 2.61. The number of para-hydroxylation sites is 1. The number of imidazole rings is 1. The quantitative estimate of drug-likeness (QED) is 0.832. The Morgan fingerprint density at radius 1 is 1.50 bits per heavy atom. The van der Waals surface area contributed by atoms with Gasteiger partial charge in [-0.25, -0.2) is 4.98 Å². The first kappa shape index (κ1) is 14.7. The molecule has 0 saturated heterocycles. The molecule has 1 aromatic carbocycles. The minimum Gasteiger partial charge on any atom is -0.492 e. The van der Waals surface area contributed by atoms with Crippen LogP contribution in [0.5, 0.6) is 5.75 Å². The molecule has 1 N–H and O–H groups in total. The zero-order chi connectivity index (χ0) is 14.5. The maximum atomic E-state index is 11.4. The van der Waals surface area contributed by atoms with Gasteiger partial charge in [0.15, 0.2) is 0 Å². The number of halogens is 1. The van der Waals surface area contributed by atoms with Gasteiger partial charge in [-0.15, -0.1) is 11.6 Å². The lowest BCUT2D eigenvalue weighted by Gasteiger charge is -2.07. The van der Waals surface area contributed by atoms with Gasteiger partial charge in [0.2, 0.25) is 5.91 Å². The zero-order valence-corrected chi connectivity index (χ0v) is 12.4. The Hall–Kier alpha value is -1.75. The van der Waals surface area contributed by atoms with Crippen molar-refractivity contribution in [3.63, 3.8) is 0 Å². The van der Waals surface area contributed by atoms with E-state index in [0.29, 0.717) is 25.5 Å². The Kier molecular flexibility index (Phi) is 4.84. The van der Waals surface area contributed by atoms with Crippen molar-refractivity contribution in [2.45, 2.75) is 25.8 Å². The molecule has 1 heterocycles. The van der Waals surface area contributed by atoms with Gasteiger partial charge >= 0.3 is 0 Å². The average Bonchev–Trinajstić information content (AvgIpc) is 2.84. The number of hydrogen-bond donors (Lipinski definition) is 1. The lowest BCUT2D eigenvalue weighted by Crippen LogP contribution is -2.19. The van der Waals surface area contributed by atoms with Gasteiger partial charge < -0.3 is 14.6 Å². The van der Waals surface area contributed by atoms with E-state index in [1.807, 2.05) is 29.7 Å². The lowest BCUT2D eigenvalue weighted by molar-refractivity contribution is -0.120. The summed E-state index contributed by atoms with van der Waals surface area (Å²) in [6.45, 7) is 3.07. The number of amides is 1. The molecule has 0 bridgehead atoms. The van der Waals surface area contributed by atoms with Crippen LogP contribution in [0.2, 0.25) is 0 Å². The third-order valence-electron chi connectivity index (χ3n) is 3.08. The number of alkyl halides is 1. The predicted octanol–water partition coefficient (Wildman–Crippen LogP) is 2.31. The molecule has 0 fully saturated rings. The van der Waals surface area contributed by atoms with E-state index in [1.165, 1.54) is 0 Å². The number of hydrogen-bond acceptors (Lipinski definition) is 3. The first-order valence-corrected chi connectivity index (χ1v) is 7.12. The summed E-state index contributed by atoms with van der Waals surface area (Å²) in [6.07, 6.45) is 0.394. The first-order valence-electron chi connectivity index (χ1n) is 6.58. The molecule has 5 nitrogen and oxygen atoms in total. The molecule has 6 heteroatoms. The summed E-state index contributed by atoms with van der Waals surface area (Å²) < 4.78 is 7.55. The van der Waals surface area contributed by atoms with Gasteiger partial charge in [-0.05, 0) is 19.1 Å². The number of aromatic nitrogens is 2. The van der Waals surface area contributed by atoms with Gasteiger partial charge in [0, 0.05) is 20.0 Å². The molecule has 0 saturated carbocycles. The summed E-state index contributed by atoms with van der Waals surface area (Å²) in [7, 11) is 1.63. The molecule has 20 heavy (non-hydrogen) atoms. The van der Waals surface area contributed by atoms with E-state index >= 15 is 0 Å². The molecule has 1 amide bonds. The molecule has 2 aromatic rings. The molecule has 0 aliphatic rings. The second kappa shape index (κ2) is 6.61. The molecule has 0 aliphatic carbocycles. The number of carbonyl (C=O) groups excluding carboxylic acids is 1. The number of nitrogens with zero attached hydrogens (tertiary/aromatic N) is 2. The van der Waals surface area contributed by atoms with Crippen LogP contribution in [-0.4, -0.2) is 29.1 Å². The van der Waals surface area contributed by atoms with Crippen molar-refractivity contribution >= 4 is 28.5 Å². The maximum absolute atomic E-state index is 11.4. The molecule has 0 spiro atoms. The third-order valence-corrected chi connectivity index (χ3v) is 3.32. The number of fused-ring (bicyclic) bond motifs is 1. The van der Waals surface area contributed by atoms with Crippen LogP contribution in [0, 0.1) is 0 Å². The standard InChI is InChI=1S/C14H18ClN3O2/c1-3-20-11-6-4-5-10-14(11)17-12(9-15)18(10)8-7-13(19)16-2/h4-6H,3,7-9H2,1-2H3,(H,16,19). The Balaban J connectivity index is 2.41. The Morgan fingerprint density at radius 2 is 2.30 bits per heavy atom. The highest BCUT2D eigenvalue weighted by atomic mass is 35.5. The van der Waals surface area contributed by atoms with E-state index in [9.17, 15) is 4.79 Å². The summed E-state index contributed by atoms with van der Waals surface area (Å²) in [4.78, 5) is 15.9. The fourth-order valence-electron chi connectivity index (χ4n) is 2.13. The van der Waals surface area contributed by atoms with Crippen molar-refractivity contribution in [3.05, 3.63) is 24.0 Å². The van der Waals surface area contributed by atoms with Gasteiger partial charge in [-0.1, -0.05) is 6.07 Å². The van der Waals surface area contributed by atoms with Crippen LogP contribution in [0.25, 0.3) is 11.0 Å². The van der Waals surface area contributed by atoms with E-state index in [-0.39, 0.29) is 5.91 Å². The molecular formula is C14H18ClN3O2. The number of carbonyl (C=O) groups is 1. The average molecular weight is 296 g/mol. The van der Waals surface area contributed by atoms with Crippen LogP contribution in [0.15, 0.2) is 18.2 Å². The third kappa shape index (κ3) is 2.88. The van der Waals surface area contributed by atoms with Crippen molar-refractivity contribution in [1.29, 1.82) is 0 Å². The Bertz CT molecular complexity index is 610. The fourth-order valence-corrected chi connectivity index (χ4v) is 2.34. The minimum absolute atomic E-state index is 0.00617. The Labute approximate surface area is 122 Å². The van der Waals surface area contributed by atoms with Gasteiger partial charge in [0.05, 0.1) is 18.0 Å². The largest absolute Gasteiger partial charge is 0.492 e. The summed E-state index contributed by atoms with van der Waals surface area (Å²) in [6, 6.07) is 5.77. The molecular weight excluding hydrogens is 278 g/mol. The van der Waals surface area contributed by atoms with Gasteiger partial charge in [-0.2, -0.15) is 0 Å². The first-order chi connectivity index (χ1) is 9.71. The van der Waals surface area contributed by atoms with E-state index < -0.39 is 0 Å². The smallest absolute Gasteiger partial charge is 0.221 e.